The van der Waals surface area contributed by atoms with E-state index in [1.807, 2.05) is 48.2 Å². The van der Waals surface area contributed by atoms with Gasteiger partial charge in [-0.2, -0.15) is 0 Å². The van der Waals surface area contributed by atoms with Crippen molar-refractivity contribution in [2.75, 3.05) is 17.2 Å². The van der Waals surface area contributed by atoms with Crippen LogP contribution < -0.4 is 10.2 Å². The zero-order chi connectivity index (χ0) is 18.8. The first-order valence-electron chi connectivity index (χ1n) is 9.57. The van der Waals surface area contributed by atoms with Crippen LogP contribution in [0.2, 0.25) is 0 Å². The minimum Gasteiger partial charge on any atom is -0.349 e. The lowest BCUT2D eigenvalue weighted by Crippen LogP contribution is -2.36. The highest BCUT2D eigenvalue weighted by molar-refractivity contribution is 7.99. The van der Waals surface area contributed by atoms with Crippen LogP contribution in [0.5, 0.6) is 0 Å². The molecule has 2 heterocycles. The summed E-state index contributed by atoms with van der Waals surface area (Å²) >= 11 is 1.84. The van der Waals surface area contributed by atoms with Gasteiger partial charge >= 0.3 is 0 Å². The van der Waals surface area contributed by atoms with Gasteiger partial charge in [0.25, 0.3) is 0 Å². The lowest BCUT2D eigenvalue weighted by Gasteiger charge is -2.27. The molecular formula is C22H24N2O2S. The molecule has 2 aliphatic rings. The summed E-state index contributed by atoms with van der Waals surface area (Å²) in [7, 11) is 0. The highest BCUT2D eigenvalue weighted by Gasteiger charge is 2.37. The molecule has 0 saturated carbocycles. The van der Waals surface area contributed by atoms with Crippen molar-refractivity contribution < 1.29 is 9.59 Å². The second-order valence-electron chi connectivity index (χ2n) is 7.12. The van der Waals surface area contributed by atoms with Gasteiger partial charge < -0.3 is 10.2 Å². The van der Waals surface area contributed by atoms with Crippen molar-refractivity contribution in [3.63, 3.8) is 0 Å². The summed E-state index contributed by atoms with van der Waals surface area (Å²) in [6.07, 6.45) is 2.08. The molecule has 4 nitrogen and oxygen atoms in total. The number of fused-ring (bicyclic) bond motifs is 1. The SMILES string of the molecule is CCc1ccccc1N1C[C@@H](C(=O)N[C@H]2CCSc3ccccc32)CC1=O. The maximum atomic E-state index is 12.9. The Hall–Kier alpha value is -2.27. The Kier molecular flexibility index (Phi) is 5.21. The molecule has 5 heteroatoms. The van der Waals surface area contributed by atoms with Gasteiger partial charge in [-0.3, -0.25) is 9.59 Å². The van der Waals surface area contributed by atoms with Crippen LogP contribution in [0, 0.1) is 5.92 Å². The Morgan fingerprint density at radius 1 is 1.19 bits per heavy atom. The molecule has 140 valence electrons. The number of rotatable bonds is 4. The fourth-order valence-corrected chi connectivity index (χ4v) is 5.10. The van der Waals surface area contributed by atoms with Gasteiger partial charge in [0.2, 0.25) is 11.8 Å². The summed E-state index contributed by atoms with van der Waals surface area (Å²) in [6, 6.07) is 16.3. The van der Waals surface area contributed by atoms with Crippen LogP contribution in [0.15, 0.2) is 53.4 Å². The van der Waals surface area contributed by atoms with E-state index in [1.54, 1.807) is 4.90 Å². The minimum absolute atomic E-state index is 0.00784. The van der Waals surface area contributed by atoms with E-state index in [-0.39, 0.29) is 30.2 Å². The lowest BCUT2D eigenvalue weighted by molar-refractivity contribution is -0.127. The molecule has 4 rings (SSSR count). The second kappa shape index (κ2) is 7.77. The maximum Gasteiger partial charge on any atom is 0.227 e. The number of nitrogens with one attached hydrogen (secondary N) is 1. The van der Waals surface area contributed by atoms with Crippen LogP contribution in [0.1, 0.15) is 36.9 Å². The average molecular weight is 381 g/mol. The third kappa shape index (κ3) is 3.61. The molecule has 1 fully saturated rings. The summed E-state index contributed by atoms with van der Waals surface area (Å²) < 4.78 is 0. The molecule has 0 spiro atoms. The van der Waals surface area contributed by atoms with E-state index >= 15 is 0 Å². The predicted molar refractivity (Wildman–Crippen MR) is 109 cm³/mol. The number of benzene rings is 2. The molecule has 2 atom stereocenters. The third-order valence-corrected chi connectivity index (χ3v) is 6.56. The first-order valence-corrected chi connectivity index (χ1v) is 10.6. The fourth-order valence-electron chi connectivity index (χ4n) is 3.97. The first kappa shape index (κ1) is 18.1. The standard InChI is InChI=1S/C22H24N2O2S/c1-2-15-7-3-5-9-19(15)24-14-16(13-21(24)25)22(26)23-18-11-12-27-20-10-6-4-8-17(18)20/h3-10,16,18H,2,11-14H2,1H3,(H,23,26)/t16-,18-/m0/s1. The molecule has 0 radical (unpaired) electrons. The summed E-state index contributed by atoms with van der Waals surface area (Å²) in [4.78, 5) is 28.5. The molecule has 2 aliphatic heterocycles. The Morgan fingerprint density at radius 3 is 2.81 bits per heavy atom. The molecular weight excluding hydrogens is 356 g/mol. The van der Waals surface area contributed by atoms with Gasteiger partial charge in [0, 0.05) is 29.3 Å². The molecule has 1 N–H and O–H groups in total. The monoisotopic (exact) mass is 380 g/mol. The maximum absolute atomic E-state index is 12.9. The van der Waals surface area contributed by atoms with Crippen LogP contribution >= 0.6 is 11.8 Å². The molecule has 27 heavy (non-hydrogen) atoms. The first-order chi connectivity index (χ1) is 13.2. The van der Waals surface area contributed by atoms with Crippen LogP contribution in [0.25, 0.3) is 0 Å². The molecule has 0 bridgehead atoms. The molecule has 1 saturated heterocycles. The number of carbonyl (C=O) groups excluding carboxylic acids is 2. The number of aryl methyl sites for hydroxylation is 1. The van der Waals surface area contributed by atoms with E-state index < -0.39 is 0 Å². The summed E-state index contributed by atoms with van der Waals surface area (Å²) in [5.41, 5.74) is 3.28. The summed E-state index contributed by atoms with van der Waals surface area (Å²) in [5, 5.41) is 3.21. The predicted octanol–water partition coefficient (Wildman–Crippen LogP) is 3.96. The van der Waals surface area contributed by atoms with Crippen molar-refractivity contribution in [1.29, 1.82) is 0 Å². The van der Waals surface area contributed by atoms with Gasteiger partial charge in [-0.05, 0) is 36.1 Å². The Bertz CT molecular complexity index is 867. The van der Waals surface area contributed by atoms with Gasteiger partial charge in [-0.15, -0.1) is 11.8 Å². The van der Waals surface area contributed by atoms with E-state index in [0.29, 0.717) is 6.54 Å². The Labute approximate surface area is 164 Å². The smallest absolute Gasteiger partial charge is 0.227 e. The topological polar surface area (TPSA) is 49.4 Å². The lowest BCUT2D eigenvalue weighted by atomic mass is 10.0. The van der Waals surface area contributed by atoms with E-state index in [2.05, 4.69) is 24.4 Å². The Balaban J connectivity index is 1.47. The molecule has 0 aromatic heterocycles. The molecule has 0 aliphatic carbocycles. The van der Waals surface area contributed by atoms with Crippen molar-refractivity contribution in [3.05, 3.63) is 59.7 Å². The van der Waals surface area contributed by atoms with E-state index in [9.17, 15) is 9.59 Å². The van der Waals surface area contributed by atoms with Crippen LogP contribution in [-0.4, -0.2) is 24.1 Å². The molecule has 2 aromatic rings. The van der Waals surface area contributed by atoms with E-state index in [1.165, 1.54) is 10.5 Å². The zero-order valence-corrected chi connectivity index (χ0v) is 16.3. The quantitative estimate of drug-likeness (QED) is 0.874. The van der Waals surface area contributed by atoms with Crippen molar-refractivity contribution in [3.8, 4) is 0 Å². The highest BCUT2D eigenvalue weighted by Crippen LogP contribution is 2.36. The van der Waals surface area contributed by atoms with Crippen LogP contribution in [0.3, 0.4) is 0 Å². The van der Waals surface area contributed by atoms with Crippen molar-refractivity contribution in [2.24, 2.45) is 5.92 Å². The van der Waals surface area contributed by atoms with Gasteiger partial charge in [0.15, 0.2) is 0 Å². The number of para-hydroxylation sites is 1. The van der Waals surface area contributed by atoms with Crippen molar-refractivity contribution >= 4 is 29.3 Å². The van der Waals surface area contributed by atoms with E-state index in [0.717, 1.165) is 29.8 Å². The summed E-state index contributed by atoms with van der Waals surface area (Å²) in [6.45, 7) is 2.55. The van der Waals surface area contributed by atoms with Gasteiger partial charge in [0.05, 0.1) is 12.0 Å². The number of anilines is 1. The number of hydrogen-bond donors (Lipinski definition) is 1. The number of amides is 2. The van der Waals surface area contributed by atoms with Gasteiger partial charge in [-0.1, -0.05) is 43.3 Å². The number of thioether (sulfide) groups is 1. The van der Waals surface area contributed by atoms with Crippen LogP contribution in [0.4, 0.5) is 5.69 Å². The largest absolute Gasteiger partial charge is 0.349 e. The molecule has 0 unspecified atom stereocenters. The average Bonchev–Trinajstić information content (AvgIpc) is 3.10. The number of nitrogens with zero attached hydrogens (tertiary/aromatic N) is 1. The minimum atomic E-state index is -0.288. The number of carbonyl (C=O) groups is 2. The number of hydrogen-bond acceptors (Lipinski definition) is 3. The van der Waals surface area contributed by atoms with Crippen LogP contribution in [-0.2, 0) is 16.0 Å². The van der Waals surface area contributed by atoms with Crippen molar-refractivity contribution in [1.82, 2.24) is 5.32 Å². The molecule has 2 aromatic carbocycles. The molecule has 2 amide bonds. The third-order valence-electron chi connectivity index (χ3n) is 5.43. The zero-order valence-electron chi connectivity index (χ0n) is 15.5. The summed E-state index contributed by atoms with van der Waals surface area (Å²) in [5.74, 6) is 0.744. The van der Waals surface area contributed by atoms with Gasteiger partial charge in [-0.25, -0.2) is 0 Å². The Morgan fingerprint density at radius 2 is 1.96 bits per heavy atom. The van der Waals surface area contributed by atoms with Gasteiger partial charge in [0.1, 0.15) is 0 Å². The normalized spacial score (nSPS) is 21.8. The highest BCUT2D eigenvalue weighted by atomic mass is 32.2. The van der Waals surface area contributed by atoms with Crippen molar-refractivity contribution in [2.45, 2.75) is 37.1 Å². The second-order valence-corrected chi connectivity index (χ2v) is 8.26. The van der Waals surface area contributed by atoms with E-state index in [4.69, 9.17) is 0 Å². The fraction of sp³-hybridized carbons (Fsp3) is 0.364.